The van der Waals surface area contributed by atoms with Crippen molar-refractivity contribution >= 4 is 35.4 Å². The zero-order chi connectivity index (χ0) is 11.8. The number of aliphatic imine (C=N–C) groups is 3. The monoisotopic (exact) mass is 243 g/mol. The molecule has 1 aromatic carbocycles. The molecule has 0 N–H and O–H groups in total. The van der Waals surface area contributed by atoms with Crippen molar-refractivity contribution in [3.8, 4) is 0 Å². The smallest absolute Gasteiger partial charge is 0.267 e. The van der Waals surface area contributed by atoms with Crippen LogP contribution in [0.3, 0.4) is 0 Å². The van der Waals surface area contributed by atoms with E-state index in [1.807, 2.05) is 0 Å². The van der Waals surface area contributed by atoms with E-state index in [2.05, 4.69) is 15.0 Å². The maximum Gasteiger partial charge on any atom is 0.282 e. The van der Waals surface area contributed by atoms with Gasteiger partial charge in [0.25, 0.3) is 5.91 Å². The summed E-state index contributed by atoms with van der Waals surface area (Å²) < 4.78 is 0. The average Bonchev–Trinajstić information content (AvgIpc) is 2.77. The van der Waals surface area contributed by atoms with Crippen molar-refractivity contribution in [1.29, 1.82) is 0 Å². The Morgan fingerprint density at radius 2 is 2.00 bits per heavy atom. The first-order valence-electron chi connectivity index (χ1n) is 4.96. The van der Waals surface area contributed by atoms with E-state index in [4.69, 9.17) is 11.6 Å². The highest BCUT2D eigenvalue weighted by Gasteiger charge is 2.24. The fourth-order valence-corrected chi connectivity index (χ4v) is 1.81. The van der Waals surface area contributed by atoms with Gasteiger partial charge in [-0.25, -0.2) is 9.98 Å². The van der Waals surface area contributed by atoms with Crippen LogP contribution in [-0.4, -0.2) is 23.8 Å². The first-order chi connectivity index (χ1) is 8.24. The minimum atomic E-state index is -0.317. The summed E-state index contributed by atoms with van der Waals surface area (Å²) in [6.45, 7) is 0. The lowest BCUT2D eigenvalue weighted by Gasteiger charge is -2.08. The third-order valence-electron chi connectivity index (χ3n) is 2.41. The minimum Gasteiger partial charge on any atom is -0.267 e. The van der Waals surface area contributed by atoms with Crippen molar-refractivity contribution in [3.05, 3.63) is 46.5 Å². The largest absolute Gasteiger partial charge is 0.282 e. The van der Waals surface area contributed by atoms with Gasteiger partial charge in [-0.15, -0.1) is 0 Å². The molecule has 2 heterocycles. The fourth-order valence-electron chi connectivity index (χ4n) is 1.62. The molecule has 3 rings (SSSR count). The Balaban J connectivity index is 2.09. The summed E-state index contributed by atoms with van der Waals surface area (Å²) in [5, 5.41) is 0.578. The summed E-state index contributed by atoms with van der Waals surface area (Å²) in [6.07, 6.45) is 3.15. The summed E-state index contributed by atoms with van der Waals surface area (Å²) in [7, 11) is 0. The van der Waals surface area contributed by atoms with Crippen LogP contribution in [0, 0.1) is 0 Å². The second kappa shape index (κ2) is 3.75. The number of fused-ring (bicyclic) bond motifs is 1. The maximum atomic E-state index is 11.7. The van der Waals surface area contributed by atoms with E-state index in [-0.39, 0.29) is 5.91 Å². The maximum absolute atomic E-state index is 11.7. The molecule has 82 valence electrons. The molecule has 0 aliphatic carbocycles. The molecule has 0 spiro atoms. The Labute approximate surface area is 102 Å². The van der Waals surface area contributed by atoms with E-state index >= 15 is 0 Å². The highest BCUT2D eigenvalue weighted by atomic mass is 35.5. The van der Waals surface area contributed by atoms with Crippen molar-refractivity contribution in [1.82, 2.24) is 0 Å². The van der Waals surface area contributed by atoms with Gasteiger partial charge in [0, 0.05) is 16.8 Å². The summed E-state index contributed by atoms with van der Waals surface area (Å²) in [5.74, 6) is 0.450. The number of benzene rings is 1. The predicted octanol–water partition coefficient (Wildman–Crippen LogP) is 2.04. The second-order valence-electron chi connectivity index (χ2n) is 3.54. The normalized spacial score (nSPS) is 17.5. The first-order valence-corrected chi connectivity index (χ1v) is 5.34. The van der Waals surface area contributed by atoms with E-state index in [0.29, 0.717) is 27.8 Å². The van der Waals surface area contributed by atoms with E-state index in [1.54, 1.807) is 36.6 Å². The number of carbonyl (C=O) groups excluding carboxylic acids is 1. The average molecular weight is 244 g/mol. The van der Waals surface area contributed by atoms with Crippen LogP contribution in [0.5, 0.6) is 0 Å². The SMILES string of the molecule is O=C1N=C(c2cccc(Cl)c2)N=C2N=CC=C12. The van der Waals surface area contributed by atoms with Gasteiger partial charge in [0.15, 0.2) is 11.7 Å². The number of nitrogens with zero attached hydrogens (tertiary/aromatic N) is 3. The number of rotatable bonds is 1. The van der Waals surface area contributed by atoms with E-state index in [9.17, 15) is 4.79 Å². The number of hydrogen-bond donors (Lipinski definition) is 0. The van der Waals surface area contributed by atoms with Crippen molar-refractivity contribution in [2.75, 3.05) is 0 Å². The number of amidine groups is 2. The predicted molar refractivity (Wildman–Crippen MR) is 67.0 cm³/mol. The van der Waals surface area contributed by atoms with Gasteiger partial charge < -0.3 is 0 Å². The van der Waals surface area contributed by atoms with Crippen LogP contribution in [0.4, 0.5) is 0 Å². The number of hydrogen-bond acceptors (Lipinski definition) is 3. The van der Waals surface area contributed by atoms with Gasteiger partial charge >= 0.3 is 0 Å². The molecule has 1 amide bonds. The number of allylic oxidation sites excluding steroid dienone is 1. The Morgan fingerprint density at radius 3 is 2.82 bits per heavy atom. The molecule has 4 nitrogen and oxygen atoms in total. The molecule has 2 aliphatic rings. The van der Waals surface area contributed by atoms with Crippen molar-refractivity contribution in [3.63, 3.8) is 0 Å². The zero-order valence-corrected chi connectivity index (χ0v) is 9.35. The molecule has 0 bridgehead atoms. The zero-order valence-electron chi connectivity index (χ0n) is 8.59. The van der Waals surface area contributed by atoms with E-state index in [1.165, 1.54) is 0 Å². The van der Waals surface area contributed by atoms with Crippen LogP contribution in [0.15, 0.2) is 50.9 Å². The third-order valence-corrected chi connectivity index (χ3v) is 2.65. The first kappa shape index (κ1) is 10.1. The molecule has 5 heteroatoms. The van der Waals surface area contributed by atoms with Crippen LogP contribution >= 0.6 is 11.6 Å². The Hall–Kier alpha value is -2.07. The summed E-state index contributed by atoms with van der Waals surface area (Å²) in [4.78, 5) is 23.8. The molecule has 0 unspecified atom stereocenters. The lowest BCUT2D eigenvalue weighted by atomic mass is 10.1. The van der Waals surface area contributed by atoms with Gasteiger partial charge in [-0.05, 0) is 18.2 Å². The quantitative estimate of drug-likeness (QED) is 0.745. The van der Waals surface area contributed by atoms with Gasteiger partial charge in [0.2, 0.25) is 0 Å². The van der Waals surface area contributed by atoms with Crippen LogP contribution < -0.4 is 0 Å². The highest BCUT2D eigenvalue weighted by molar-refractivity contribution is 6.35. The highest BCUT2D eigenvalue weighted by Crippen LogP contribution is 2.18. The number of halogens is 1. The Kier molecular flexibility index (Phi) is 2.23. The molecular weight excluding hydrogens is 238 g/mol. The molecule has 17 heavy (non-hydrogen) atoms. The Bertz CT molecular complexity index is 641. The lowest BCUT2D eigenvalue weighted by molar-refractivity contribution is -0.113. The molecule has 0 atom stereocenters. The summed E-state index contributed by atoms with van der Waals surface area (Å²) in [5.41, 5.74) is 1.15. The number of carbonyl (C=O) groups is 1. The molecule has 1 aromatic rings. The third kappa shape index (κ3) is 1.72. The van der Waals surface area contributed by atoms with Crippen molar-refractivity contribution < 1.29 is 4.79 Å². The minimum absolute atomic E-state index is 0.317. The van der Waals surface area contributed by atoms with Crippen molar-refractivity contribution in [2.45, 2.75) is 0 Å². The molecule has 2 aliphatic heterocycles. The summed E-state index contributed by atoms with van der Waals surface area (Å²) in [6, 6.07) is 7.05. The van der Waals surface area contributed by atoms with Gasteiger partial charge in [0.05, 0.1) is 5.57 Å². The fraction of sp³-hybridized carbons (Fsp3) is 0. The second-order valence-corrected chi connectivity index (χ2v) is 3.98. The number of amides is 1. The molecule has 0 fully saturated rings. The molecule has 0 saturated heterocycles. The van der Waals surface area contributed by atoms with Crippen molar-refractivity contribution in [2.24, 2.45) is 15.0 Å². The standard InChI is InChI=1S/C12H6ClN3O/c13-8-3-1-2-7(6-8)10-15-11-9(4-5-14-11)12(17)16-10/h1-6H. The van der Waals surface area contributed by atoms with Gasteiger partial charge in [-0.1, -0.05) is 23.7 Å². The summed E-state index contributed by atoms with van der Waals surface area (Å²) >= 11 is 5.88. The van der Waals surface area contributed by atoms with Crippen LogP contribution in [0.2, 0.25) is 5.02 Å². The topological polar surface area (TPSA) is 54.1 Å². The molecular formula is C12H6ClN3O. The van der Waals surface area contributed by atoms with Gasteiger partial charge in [-0.2, -0.15) is 4.99 Å². The van der Waals surface area contributed by atoms with Crippen LogP contribution in [0.1, 0.15) is 5.56 Å². The molecule has 0 radical (unpaired) electrons. The molecule has 0 saturated carbocycles. The van der Waals surface area contributed by atoms with E-state index in [0.717, 1.165) is 0 Å². The van der Waals surface area contributed by atoms with Gasteiger partial charge in [0.1, 0.15) is 0 Å². The van der Waals surface area contributed by atoms with Crippen LogP contribution in [-0.2, 0) is 4.79 Å². The van der Waals surface area contributed by atoms with Gasteiger partial charge in [-0.3, -0.25) is 4.79 Å². The Morgan fingerprint density at radius 1 is 1.12 bits per heavy atom. The lowest BCUT2D eigenvalue weighted by Crippen LogP contribution is -2.17. The molecule has 0 aromatic heterocycles. The van der Waals surface area contributed by atoms with Crippen LogP contribution in [0.25, 0.3) is 0 Å². The van der Waals surface area contributed by atoms with E-state index < -0.39 is 0 Å².